The van der Waals surface area contributed by atoms with Crippen LogP contribution in [0.3, 0.4) is 0 Å². The molecule has 35 heavy (non-hydrogen) atoms. The Labute approximate surface area is 211 Å². The first-order valence-corrected chi connectivity index (χ1v) is 13.5. The molecule has 0 aromatic carbocycles. The molecule has 2 aliphatic heterocycles. The maximum absolute atomic E-state index is 12.9. The minimum absolute atomic E-state index is 0.0717. The molecule has 8 nitrogen and oxygen atoms in total. The van der Waals surface area contributed by atoms with Gasteiger partial charge in [0.2, 0.25) is 0 Å². The quantitative estimate of drug-likeness (QED) is 0.308. The number of anilines is 1. The average molecular weight is 501 g/mol. The Balaban J connectivity index is 1.37. The second-order valence-electron chi connectivity index (χ2n) is 10.2. The number of likely N-dealkylation sites (tertiary alicyclic amines) is 1. The van der Waals surface area contributed by atoms with Gasteiger partial charge in [0.05, 0.1) is 24.0 Å². The Bertz CT molecular complexity index is 1030. The van der Waals surface area contributed by atoms with Gasteiger partial charge in [0.15, 0.2) is 10.9 Å². The van der Waals surface area contributed by atoms with Gasteiger partial charge in [0, 0.05) is 37.7 Å². The smallest absolute Gasteiger partial charge is 0.309 e. The standard InChI is InChI=1S/C26H36N4O4S/c1-5-33-24(32)18-10-14-30(15-11-18)23(31)20-9-8-19(34-20)17-35-25-27-21(26(2,3)4)16-22(28-25)29-12-6-7-13-29/h8-9,16,18H,5-7,10-15,17H2,1-4H3. The second-order valence-corrected chi connectivity index (χ2v) is 11.2. The zero-order valence-electron chi connectivity index (χ0n) is 21.2. The van der Waals surface area contributed by atoms with Gasteiger partial charge < -0.3 is 19.0 Å². The molecular weight excluding hydrogens is 464 g/mol. The van der Waals surface area contributed by atoms with Crippen molar-refractivity contribution in [2.75, 3.05) is 37.7 Å². The van der Waals surface area contributed by atoms with Crippen molar-refractivity contribution in [3.8, 4) is 0 Å². The summed E-state index contributed by atoms with van der Waals surface area (Å²) in [5.74, 6) is 2.16. The molecule has 0 atom stereocenters. The van der Waals surface area contributed by atoms with Crippen LogP contribution in [0.15, 0.2) is 27.8 Å². The van der Waals surface area contributed by atoms with Gasteiger partial charge in [-0.05, 0) is 44.7 Å². The molecule has 2 saturated heterocycles. The minimum Gasteiger partial charge on any atom is -0.466 e. The van der Waals surface area contributed by atoms with Crippen LogP contribution in [0, 0.1) is 5.92 Å². The van der Waals surface area contributed by atoms with Crippen molar-refractivity contribution in [1.82, 2.24) is 14.9 Å². The molecule has 0 unspecified atom stereocenters. The van der Waals surface area contributed by atoms with E-state index in [0.717, 1.165) is 29.8 Å². The van der Waals surface area contributed by atoms with Gasteiger partial charge in [-0.2, -0.15) is 0 Å². The summed E-state index contributed by atoms with van der Waals surface area (Å²) in [6, 6.07) is 5.70. The van der Waals surface area contributed by atoms with Gasteiger partial charge in [-0.3, -0.25) is 9.59 Å². The van der Waals surface area contributed by atoms with Crippen molar-refractivity contribution in [3.63, 3.8) is 0 Å². The Morgan fingerprint density at radius 3 is 2.49 bits per heavy atom. The number of thioether (sulfide) groups is 1. The Morgan fingerprint density at radius 2 is 1.83 bits per heavy atom. The van der Waals surface area contributed by atoms with E-state index in [1.165, 1.54) is 24.6 Å². The fourth-order valence-corrected chi connectivity index (χ4v) is 5.16. The summed E-state index contributed by atoms with van der Waals surface area (Å²) in [6.07, 6.45) is 3.63. The van der Waals surface area contributed by atoms with Gasteiger partial charge in [-0.15, -0.1) is 0 Å². The molecule has 0 radical (unpaired) electrons. The minimum atomic E-state index is -0.164. The molecular formula is C26H36N4O4S. The first-order chi connectivity index (χ1) is 16.7. The fraction of sp³-hybridized carbons (Fsp3) is 0.615. The molecule has 2 aromatic rings. The molecule has 2 fully saturated rings. The summed E-state index contributed by atoms with van der Waals surface area (Å²) < 4.78 is 11.0. The molecule has 0 N–H and O–H groups in total. The molecule has 0 bridgehead atoms. The van der Waals surface area contributed by atoms with Crippen LogP contribution < -0.4 is 4.90 Å². The van der Waals surface area contributed by atoms with E-state index in [1.54, 1.807) is 11.0 Å². The van der Waals surface area contributed by atoms with Crippen LogP contribution in [-0.4, -0.2) is 59.5 Å². The van der Waals surface area contributed by atoms with E-state index in [-0.39, 0.29) is 23.2 Å². The summed E-state index contributed by atoms with van der Waals surface area (Å²) in [6.45, 7) is 11.8. The molecule has 4 rings (SSSR count). The summed E-state index contributed by atoms with van der Waals surface area (Å²) >= 11 is 1.53. The van der Waals surface area contributed by atoms with Gasteiger partial charge in [-0.1, -0.05) is 32.5 Å². The number of esters is 1. The summed E-state index contributed by atoms with van der Waals surface area (Å²) in [5, 5.41) is 0.727. The zero-order chi connectivity index (χ0) is 25.0. The van der Waals surface area contributed by atoms with Gasteiger partial charge in [0.25, 0.3) is 5.91 Å². The van der Waals surface area contributed by atoms with Gasteiger partial charge >= 0.3 is 5.97 Å². The number of amides is 1. The normalized spacial score (nSPS) is 17.1. The maximum Gasteiger partial charge on any atom is 0.309 e. The Kier molecular flexibility index (Phi) is 8.04. The highest BCUT2D eigenvalue weighted by molar-refractivity contribution is 7.98. The van der Waals surface area contributed by atoms with Crippen LogP contribution in [0.4, 0.5) is 5.82 Å². The van der Waals surface area contributed by atoms with Crippen molar-refractivity contribution < 1.29 is 18.7 Å². The van der Waals surface area contributed by atoms with Crippen LogP contribution in [0.25, 0.3) is 0 Å². The van der Waals surface area contributed by atoms with E-state index in [1.807, 2.05) is 13.0 Å². The van der Waals surface area contributed by atoms with Crippen molar-refractivity contribution in [3.05, 3.63) is 35.4 Å². The summed E-state index contributed by atoms with van der Waals surface area (Å²) in [4.78, 5) is 38.6. The predicted octanol–water partition coefficient (Wildman–Crippen LogP) is 4.67. The number of rotatable bonds is 7. The van der Waals surface area contributed by atoms with Crippen molar-refractivity contribution in [2.24, 2.45) is 5.92 Å². The van der Waals surface area contributed by atoms with Crippen LogP contribution in [-0.2, 0) is 20.7 Å². The average Bonchev–Trinajstić information content (AvgIpc) is 3.54. The molecule has 1 amide bonds. The van der Waals surface area contributed by atoms with E-state index in [9.17, 15) is 9.59 Å². The summed E-state index contributed by atoms with van der Waals surface area (Å²) in [5.41, 5.74) is 0.955. The van der Waals surface area contributed by atoms with Crippen molar-refractivity contribution >= 4 is 29.5 Å². The third-order valence-electron chi connectivity index (χ3n) is 6.51. The lowest BCUT2D eigenvalue weighted by atomic mass is 9.92. The lowest BCUT2D eigenvalue weighted by Gasteiger charge is -2.30. The highest BCUT2D eigenvalue weighted by Crippen LogP contribution is 2.30. The van der Waals surface area contributed by atoms with Crippen LogP contribution in [0.2, 0.25) is 0 Å². The first-order valence-electron chi connectivity index (χ1n) is 12.6. The Hall–Kier alpha value is -2.55. The fourth-order valence-electron chi connectivity index (χ4n) is 4.41. The number of piperidine rings is 1. The van der Waals surface area contributed by atoms with Crippen LogP contribution in [0.1, 0.15) is 75.4 Å². The molecule has 9 heteroatoms. The number of carbonyl (C=O) groups excluding carboxylic acids is 2. The van der Waals surface area contributed by atoms with E-state index >= 15 is 0 Å². The molecule has 0 spiro atoms. The summed E-state index contributed by atoms with van der Waals surface area (Å²) in [7, 11) is 0. The first kappa shape index (κ1) is 25.5. The molecule has 2 aromatic heterocycles. The SMILES string of the molecule is CCOC(=O)C1CCN(C(=O)c2ccc(CSc3nc(N4CCCC4)cc(C(C)(C)C)n3)o2)CC1. The number of furan rings is 1. The van der Waals surface area contributed by atoms with E-state index in [2.05, 4.69) is 31.7 Å². The zero-order valence-corrected chi connectivity index (χ0v) is 22.0. The van der Waals surface area contributed by atoms with E-state index < -0.39 is 0 Å². The number of hydrogen-bond acceptors (Lipinski definition) is 8. The van der Waals surface area contributed by atoms with E-state index in [4.69, 9.17) is 19.1 Å². The number of aromatic nitrogens is 2. The van der Waals surface area contributed by atoms with E-state index in [0.29, 0.717) is 49.8 Å². The molecule has 190 valence electrons. The number of hydrogen-bond donors (Lipinski definition) is 0. The highest BCUT2D eigenvalue weighted by atomic mass is 32.2. The second kappa shape index (κ2) is 11.0. The Morgan fingerprint density at radius 1 is 1.11 bits per heavy atom. The molecule has 0 aliphatic carbocycles. The van der Waals surface area contributed by atoms with Gasteiger partial charge in [-0.25, -0.2) is 9.97 Å². The van der Waals surface area contributed by atoms with Gasteiger partial charge in [0.1, 0.15) is 11.6 Å². The third-order valence-corrected chi connectivity index (χ3v) is 7.38. The largest absolute Gasteiger partial charge is 0.466 e. The lowest BCUT2D eigenvalue weighted by Crippen LogP contribution is -2.40. The number of ether oxygens (including phenoxy) is 1. The molecule has 4 heterocycles. The van der Waals surface area contributed by atoms with Crippen molar-refractivity contribution in [1.29, 1.82) is 0 Å². The van der Waals surface area contributed by atoms with Crippen LogP contribution >= 0.6 is 11.8 Å². The third kappa shape index (κ3) is 6.37. The number of carbonyl (C=O) groups is 2. The predicted molar refractivity (Wildman–Crippen MR) is 136 cm³/mol. The maximum atomic E-state index is 12.9. The molecule has 0 saturated carbocycles. The monoisotopic (exact) mass is 500 g/mol. The lowest BCUT2D eigenvalue weighted by molar-refractivity contribution is -0.149. The number of nitrogens with zero attached hydrogens (tertiary/aromatic N) is 4. The topological polar surface area (TPSA) is 88.8 Å². The molecule has 2 aliphatic rings. The highest BCUT2D eigenvalue weighted by Gasteiger charge is 2.30. The van der Waals surface area contributed by atoms with Crippen molar-refractivity contribution in [2.45, 2.75) is 69.7 Å². The van der Waals surface area contributed by atoms with Crippen LogP contribution in [0.5, 0.6) is 0 Å².